The van der Waals surface area contributed by atoms with Crippen molar-refractivity contribution in [3.05, 3.63) is 71.3 Å². The second-order valence-corrected chi connectivity index (χ2v) is 6.99. The summed E-state index contributed by atoms with van der Waals surface area (Å²) in [5.74, 6) is 0.592. The van der Waals surface area contributed by atoms with Crippen LogP contribution in [0.15, 0.2) is 54.6 Å². The minimum absolute atomic E-state index is 0.115. The molecular weight excluding hydrogens is 282 g/mol. The highest BCUT2D eigenvalue weighted by molar-refractivity contribution is 5.78. The van der Waals surface area contributed by atoms with Gasteiger partial charge in [-0.25, -0.2) is 0 Å². The van der Waals surface area contributed by atoms with Gasteiger partial charge >= 0.3 is 0 Å². The predicted octanol–water partition coefficient (Wildman–Crippen LogP) is 4.30. The Bertz CT molecular complexity index is 703. The lowest BCUT2D eigenvalue weighted by Gasteiger charge is -2.43. The molecular formula is C21H23NO. The van der Waals surface area contributed by atoms with E-state index in [1.165, 1.54) is 23.1 Å². The third-order valence-electron chi connectivity index (χ3n) is 5.60. The van der Waals surface area contributed by atoms with Crippen molar-refractivity contribution in [1.29, 1.82) is 0 Å². The highest BCUT2D eigenvalue weighted by Gasteiger charge is 2.40. The van der Waals surface area contributed by atoms with Crippen LogP contribution in [0.1, 0.15) is 54.7 Å². The topological polar surface area (TPSA) is 29.1 Å². The van der Waals surface area contributed by atoms with Crippen LogP contribution in [0.2, 0.25) is 0 Å². The first-order chi connectivity index (χ1) is 11.3. The SMILES string of the molecule is O=C(CC1CCc2ccccc21)NC1(c2ccccc2)CCC1. The molecule has 118 valence electrons. The third kappa shape index (κ3) is 2.67. The Labute approximate surface area is 137 Å². The predicted molar refractivity (Wildman–Crippen MR) is 92.2 cm³/mol. The van der Waals surface area contributed by atoms with Crippen LogP contribution in [-0.4, -0.2) is 5.91 Å². The molecule has 2 aliphatic rings. The van der Waals surface area contributed by atoms with Gasteiger partial charge in [-0.1, -0.05) is 54.6 Å². The van der Waals surface area contributed by atoms with Gasteiger partial charge in [0, 0.05) is 6.42 Å². The molecule has 1 unspecified atom stereocenters. The molecule has 2 aromatic rings. The van der Waals surface area contributed by atoms with E-state index >= 15 is 0 Å². The highest BCUT2D eigenvalue weighted by atomic mass is 16.1. The van der Waals surface area contributed by atoms with Crippen LogP contribution < -0.4 is 5.32 Å². The second-order valence-electron chi connectivity index (χ2n) is 6.99. The lowest BCUT2D eigenvalue weighted by atomic mass is 9.71. The number of fused-ring (bicyclic) bond motifs is 1. The molecule has 4 rings (SSSR count). The molecule has 2 heteroatoms. The van der Waals surface area contributed by atoms with Gasteiger partial charge in [0.05, 0.1) is 5.54 Å². The first-order valence-corrected chi connectivity index (χ1v) is 8.71. The number of rotatable bonds is 4. The van der Waals surface area contributed by atoms with Gasteiger partial charge in [0.2, 0.25) is 5.91 Å². The molecule has 23 heavy (non-hydrogen) atoms. The number of amides is 1. The number of carbonyl (C=O) groups is 1. The zero-order valence-electron chi connectivity index (χ0n) is 13.4. The minimum Gasteiger partial charge on any atom is -0.347 e. The van der Waals surface area contributed by atoms with E-state index < -0.39 is 0 Å². The summed E-state index contributed by atoms with van der Waals surface area (Å²) in [4.78, 5) is 12.7. The van der Waals surface area contributed by atoms with E-state index in [4.69, 9.17) is 0 Å². The summed E-state index contributed by atoms with van der Waals surface area (Å²) in [6, 6.07) is 19.0. The van der Waals surface area contributed by atoms with Gasteiger partial charge in [0.25, 0.3) is 0 Å². The van der Waals surface area contributed by atoms with Crippen molar-refractivity contribution >= 4 is 5.91 Å². The van der Waals surface area contributed by atoms with Crippen molar-refractivity contribution in [3.8, 4) is 0 Å². The third-order valence-corrected chi connectivity index (χ3v) is 5.60. The van der Waals surface area contributed by atoms with Gasteiger partial charge in [-0.15, -0.1) is 0 Å². The van der Waals surface area contributed by atoms with Crippen LogP contribution in [0.5, 0.6) is 0 Å². The second kappa shape index (κ2) is 5.84. The Morgan fingerprint density at radius 2 is 1.78 bits per heavy atom. The molecule has 1 atom stereocenters. The van der Waals surface area contributed by atoms with E-state index in [1.54, 1.807) is 0 Å². The van der Waals surface area contributed by atoms with Crippen molar-refractivity contribution in [2.45, 2.75) is 50.0 Å². The fourth-order valence-electron chi connectivity index (χ4n) is 4.17. The van der Waals surface area contributed by atoms with Gasteiger partial charge in [0.15, 0.2) is 0 Å². The fraction of sp³-hybridized carbons (Fsp3) is 0.381. The molecule has 1 fully saturated rings. The van der Waals surface area contributed by atoms with Gasteiger partial charge in [-0.05, 0) is 54.7 Å². The Balaban J connectivity index is 1.46. The smallest absolute Gasteiger partial charge is 0.221 e. The molecule has 0 heterocycles. The van der Waals surface area contributed by atoms with Gasteiger partial charge in [0.1, 0.15) is 0 Å². The zero-order chi connectivity index (χ0) is 15.7. The zero-order valence-corrected chi connectivity index (χ0v) is 13.4. The molecule has 0 spiro atoms. The average molecular weight is 305 g/mol. The fourth-order valence-corrected chi connectivity index (χ4v) is 4.17. The number of aryl methyl sites for hydroxylation is 1. The van der Waals surface area contributed by atoms with Crippen molar-refractivity contribution in [3.63, 3.8) is 0 Å². The summed E-state index contributed by atoms with van der Waals surface area (Å²) in [5, 5.41) is 3.36. The van der Waals surface area contributed by atoms with E-state index in [0.29, 0.717) is 12.3 Å². The molecule has 2 aromatic carbocycles. The van der Waals surface area contributed by atoms with Gasteiger partial charge < -0.3 is 5.32 Å². The largest absolute Gasteiger partial charge is 0.347 e. The number of hydrogen-bond acceptors (Lipinski definition) is 1. The van der Waals surface area contributed by atoms with Crippen LogP contribution >= 0.6 is 0 Å². The van der Waals surface area contributed by atoms with Crippen LogP contribution in [0.4, 0.5) is 0 Å². The summed E-state index contributed by atoms with van der Waals surface area (Å²) in [7, 11) is 0. The maximum absolute atomic E-state index is 12.7. The lowest BCUT2D eigenvalue weighted by Crippen LogP contribution is -2.51. The minimum atomic E-state index is -0.115. The molecule has 0 bridgehead atoms. The van der Waals surface area contributed by atoms with E-state index in [-0.39, 0.29) is 11.4 Å². The maximum atomic E-state index is 12.7. The van der Waals surface area contributed by atoms with E-state index in [0.717, 1.165) is 25.7 Å². The molecule has 1 N–H and O–H groups in total. The molecule has 0 aliphatic heterocycles. The molecule has 0 aromatic heterocycles. The standard InChI is InChI=1S/C21H23NO/c23-20(15-17-12-11-16-7-4-5-10-19(16)17)22-21(13-6-14-21)18-8-2-1-3-9-18/h1-5,7-10,17H,6,11-15H2,(H,22,23). The molecule has 1 saturated carbocycles. The summed E-state index contributed by atoms with van der Waals surface area (Å²) in [6.45, 7) is 0. The van der Waals surface area contributed by atoms with Crippen LogP contribution in [0, 0.1) is 0 Å². The van der Waals surface area contributed by atoms with Gasteiger partial charge in [-0.2, -0.15) is 0 Å². The normalized spacial score (nSPS) is 21.3. The van der Waals surface area contributed by atoms with E-state index in [1.807, 2.05) is 6.07 Å². The molecule has 0 radical (unpaired) electrons. The Morgan fingerprint density at radius 1 is 1.04 bits per heavy atom. The quantitative estimate of drug-likeness (QED) is 0.896. The van der Waals surface area contributed by atoms with Crippen molar-refractivity contribution < 1.29 is 4.79 Å². The number of nitrogens with one attached hydrogen (secondary N) is 1. The van der Waals surface area contributed by atoms with Crippen LogP contribution in [0.25, 0.3) is 0 Å². The monoisotopic (exact) mass is 305 g/mol. The average Bonchev–Trinajstić information content (AvgIpc) is 2.95. The number of hydrogen-bond donors (Lipinski definition) is 1. The van der Waals surface area contributed by atoms with Crippen molar-refractivity contribution in [2.24, 2.45) is 0 Å². The Morgan fingerprint density at radius 3 is 2.52 bits per heavy atom. The Kier molecular flexibility index (Phi) is 3.68. The van der Waals surface area contributed by atoms with Crippen LogP contribution in [-0.2, 0) is 16.8 Å². The summed E-state index contributed by atoms with van der Waals surface area (Å²) in [5.41, 5.74) is 3.94. The summed E-state index contributed by atoms with van der Waals surface area (Å²) in [6.07, 6.45) is 6.14. The first-order valence-electron chi connectivity index (χ1n) is 8.71. The van der Waals surface area contributed by atoms with E-state index in [2.05, 4.69) is 53.8 Å². The molecule has 2 aliphatic carbocycles. The molecule has 2 nitrogen and oxygen atoms in total. The highest BCUT2D eigenvalue weighted by Crippen LogP contribution is 2.42. The summed E-state index contributed by atoms with van der Waals surface area (Å²) < 4.78 is 0. The Hall–Kier alpha value is -2.09. The summed E-state index contributed by atoms with van der Waals surface area (Å²) >= 11 is 0. The van der Waals surface area contributed by atoms with Crippen molar-refractivity contribution in [2.75, 3.05) is 0 Å². The van der Waals surface area contributed by atoms with Crippen LogP contribution in [0.3, 0.4) is 0 Å². The number of carbonyl (C=O) groups excluding carboxylic acids is 1. The maximum Gasteiger partial charge on any atom is 0.221 e. The molecule has 0 saturated heterocycles. The number of benzene rings is 2. The first kappa shape index (κ1) is 14.5. The van der Waals surface area contributed by atoms with Crippen molar-refractivity contribution in [1.82, 2.24) is 5.32 Å². The van der Waals surface area contributed by atoms with E-state index in [9.17, 15) is 4.79 Å². The molecule has 1 amide bonds. The lowest BCUT2D eigenvalue weighted by molar-refractivity contribution is -0.124. The van der Waals surface area contributed by atoms with Gasteiger partial charge in [-0.3, -0.25) is 4.79 Å².